The van der Waals surface area contributed by atoms with Crippen LogP contribution in [0.1, 0.15) is 18.9 Å². The van der Waals surface area contributed by atoms with Gasteiger partial charge in [0, 0.05) is 22.2 Å². The number of ether oxygens (including phenoxy) is 1. The highest BCUT2D eigenvalue weighted by Gasteiger charge is 2.31. The lowest BCUT2D eigenvalue weighted by Crippen LogP contribution is -2.49. The first-order valence-electron chi connectivity index (χ1n) is 8.52. The van der Waals surface area contributed by atoms with Crippen molar-refractivity contribution in [3.63, 3.8) is 0 Å². The molecule has 0 aliphatic rings. The number of nitrogens with one attached hydrogen (secondary N) is 1. The third-order valence-corrected chi connectivity index (χ3v) is 5.69. The molecule has 0 aromatic heterocycles. The molecular weight excluding hydrogens is 423 g/mol. The van der Waals surface area contributed by atoms with Crippen LogP contribution in [0.2, 0.25) is 10.0 Å². The third kappa shape index (κ3) is 5.53. The summed E-state index contributed by atoms with van der Waals surface area (Å²) in [5.74, 6) is 0.201. The van der Waals surface area contributed by atoms with Crippen molar-refractivity contribution < 1.29 is 17.9 Å². The van der Waals surface area contributed by atoms with E-state index in [4.69, 9.17) is 27.9 Å². The molecule has 2 rings (SSSR count). The summed E-state index contributed by atoms with van der Waals surface area (Å²) in [5.41, 5.74) is 1.02. The Hall–Kier alpha value is -1.96. The molecule has 0 unspecified atom stereocenters. The van der Waals surface area contributed by atoms with Crippen molar-refractivity contribution in [2.45, 2.75) is 25.9 Å². The molecule has 0 saturated carbocycles. The lowest BCUT2D eigenvalue weighted by molar-refractivity contribution is -0.122. The van der Waals surface area contributed by atoms with E-state index in [1.54, 1.807) is 20.1 Å². The Bertz CT molecular complexity index is 930. The van der Waals surface area contributed by atoms with Crippen LogP contribution in [0.3, 0.4) is 0 Å². The van der Waals surface area contributed by atoms with Crippen LogP contribution in [0.4, 0.5) is 5.69 Å². The van der Waals surface area contributed by atoms with Gasteiger partial charge in [-0.05, 0) is 30.7 Å². The number of nitrogens with zero attached hydrogens (tertiary/aromatic N) is 1. The summed E-state index contributed by atoms with van der Waals surface area (Å²) in [4.78, 5) is 12.9. The number of hydrogen-bond donors (Lipinski definition) is 1. The first-order chi connectivity index (χ1) is 13.2. The predicted molar refractivity (Wildman–Crippen MR) is 113 cm³/mol. The van der Waals surface area contributed by atoms with Gasteiger partial charge >= 0.3 is 0 Å². The average Bonchev–Trinajstić information content (AvgIpc) is 2.62. The Morgan fingerprint density at radius 2 is 1.79 bits per heavy atom. The van der Waals surface area contributed by atoms with Crippen LogP contribution in [0.25, 0.3) is 0 Å². The minimum atomic E-state index is -3.77. The van der Waals surface area contributed by atoms with E-state index in [9.17, 15) is 13.2 Å². The van der Waals surface area contributed by atoms with E-state index in [1.165, 1.54) is 18.2 Å². The minimum Gasteiger partial charge on any atom is -0.496 e. The van der Waals surface area contributed by atoms with E-state index >= 15 is 0 Å². The SMILES string of the molecule is CC[C@H](C(=O)NCc1ccccc1OC)N(c1cc(Cl)cc(Cl)c1)S(C)(=O)=O. The van der Waals surface area contributed by atoms with Gasteiger partial charge in [0.25, 0.3) is 0 Å². The summed E-state index contributed by atoms with van der Waals surface area (Å²) in [6, 6.07) is 10.7. The highest BCUT2D eigenvalue weighted by atomic mass is 35.5. The molecule has 6 nitrogen and oxygen atoms in total. The highest BCUT2D eigenvalue weighted by molar-refractivity contribution is 7.92. The van der Waals surface area contributed by atoms with Crippen molar-refractivity contribution in [1.29, 1.82) is 0 Å². The molecule has 28 heavy (non-hydrogen) atoms. The van der Waals surface area contributed by atoms with Crippen molar-refractivity contribution >= 4 is 44.8 Å². The zero-order valence-corrected chi connectivity index (χ0v) is 18.1. The van der Waals surface area contributed by atoms with E-state index in [2.05, 4.69) is 5.32 Å². The van der Waals surface area contributed by atoms with Crippen molar-refractivity contribution in [1.82, 2.24) is 5.32 Å². The number of hydrogen-bond acceptors (Lipinski definition) is 4. The molecule has 0 spiro atoms. The third-order valence-electron chi connectivity index (χ3n) is 4.08. The second kappa shape index (κ2) is 9.49. The molecule has 1 amide bonds. The first kappa shape index (κ1) is 22.3. The molecule has 152 valence electrons. The Kier molecular flexibility index (Phi) is 7.57. The molecule has 0 radical (unpaired) electrons. The normalized spacial score (nSPS) is 12.3. The Morgan fingerprint density at radius 1 is 1.18 bits per heavy atom. The van der Waals surface area contributed by atoms with Crippen molar-refractivity contribution in [2.24, 2.45) is 0 Å². The summed E-state index contributed by atoms with van der Waals surface area (Å²) in [5, 5.41) is 3.34. The van der Waals surface area contributed by atoms with Gasteiger partial charge in [0.2, 0.25) is 15.9 Å². The lowest BCUT2D eigenvalue weighted by atomic mass is 10.1. The molecule has 1 N–H and O–H groups in total. The number of halogens is 2. The average molecular weight is 445 g/mol. The summed E-state index contributed by atoms with van der Waals surface area (Å²) in [6.45, 7) is 1.94. The Balaban J connectivity index is 2.31. The number of amides is 1. The molecule has 0 bridgehead atoms. The summed E-state index contributed by atoms with van der Waals surface area (Å²) in [7, 11) is -2.23. The summed E-state index contributed by atoms with van der Waals surface area (Å²) in [6.07, 6.45) is 1.30. The molecule has 2 aromatic rings. The zero-order chi connectivity index (χ0) is 20.9. The van der Waals surface area contributed by atoms with Crippen LogP contribution < -0.4 is 14.4 Å². The van der Waals surface area contributed by atoms with Gasteiger partial charge in [-0.3, -0.25) is 9.10 Å². The van der Waals surface area contributed by atoms with Crippen LogP contribution in [-0.4, -0.2) is 33.7 Å². The number of para-hydroxylation sites is 1. The molecule has 2 aromatic carbocycles. The van der Waals surface area contributed by atoms with Gasteiger partial charge in [-0.1, -0.05) is 48.3 Å². The number of rotatable bonds is 8. The van der Waals surface area contributed by atoms with Crippen LogP contribution >= 0.6 is 23.2 Å². The number of methoxy groups -OCH3 is 1. The van der Waals surface area contributed by atoms with Gasteiger partial charge in [0.15, 0.2) is 0 Å². The van der Waals surface area contributed by atoms with Gasteiger partial charge in [0.1, 0.15) is 11.8 Å². The van der Waals surface area contributed by atoms with Gasteiger partial charge in [-0.15, -0.1) is 0 Å². The van der Waals surface area contributed by atoms with Crippen molar-refractivity contribution in [3.05, 3.63) is 58.1 Å². The van der Waals surface area contributed by atoms with Gasteiger partial charge in [0.05, 0.1) is 19.1 Å². The number of carbonyl (C=O) groups is 1. The molecule has 1 atom stereocenters. The fourth-order valence-corrected chi connectivity index (χ4v) is 4.59. The number of benzene rings is 2. The highest BCUT2D eigenvalue weighted by Crippen LogP contribution is 2.29. The van der Waals surface area contributed by atoms with Gasteiger partial charge < -0.3 is 10.1 Å². The van der Waals surface area contributed by atoms with Gasteiger partial charge in [-0.25, -0.2) is 8.42 Å². The van der Waals surface area contributed by atoms with E-state index in [1.807, 2.05) is 18.2 Å². The molecule has 0 aliphatic heterocycles. The number of carbonyl (C=O) groups excluding carboxylic acids is 1. The largest absolute Gasteiger partial charge is 0.496 e. The fourth-order valence-electron chi connectivity index (χ4n) is 2.88. The molecule has 9 heteroatoms. The fraction of sp³-hybridized carbons (Fsp3) is 0.316. The molecule has 0 heterocycles. The van der Waals surface area contributed by atoms with Crippen molar-refractivity contribution in [2.75, 3.05) is 17.7 Å². The summed E-state index contributed by atoms with van der Waals surface area (Å²) < 4.78 is 31.3. The van der Waals surface area contributed by atoms with Crippen LogP contribution in [0.15, 0.2) is 42.5 Å². The second-order valence-corrected chi connectivity index (χ2v) is 8.87. The molecule has 0 fully saturated rings. The summed E-state index contributed by atoms with van der Waals surface area (Å²) >= 11 is 12.1. The maximum Gasteiger partial charge on any atom is 0.244 e. The number of sulfonamides is 1. The maximum absolute atomic E-state index is 12.9. The first-order valence-corrected chi connectivity index (χ1v) is 11.1. The van der Waals surface area contributed by atoms with E-state index < -0.39 is 22.0 Å². The van der Waals surface area contributed by atoms with Crippen LogP contribution in [0, 0.1) is 0 Å². The minimum absolute atomic E-state index is 0.202. The van der Waals surface area contributed by atoms with Crippen LogP contribution in [0.5, 0.6) is 5.75 Å². The van der Waals surface area contributed by atoms with E-state index in [0.29, 0.717) is 5.75 Å². The van der Waals surface area contributed by atoms with Crippen molar-refractivity contribution in [3.8, 4) is 5.75 Å². The standard InChI is InChI=1S/C19H22Cl2N2O4S/c1-4-17(19(24)22-12-13-7-5-6-8-18(13)27-2)23(28(3,25)26)16-10-14(20)9-15(21)11-16/h5-11,17H,4,12H2,1-3H3,(H,22,24)/t17-/m1/s1. The quantitative estimate of drug-likeness (QED) is 0.670. The maximum atomic E-state index is 12.9. The van der Waals surface area contributed by atoms with Gasteiger partial charge in [-0.2, -0.15) is 0 Å². The smallest absolute Gasteiger partial charge is 0.244 e. The van der Waals surface area contributed by atoms with E-state index in [0.717, 1.165) is 16.1 Å². The Morgan fingerprint density at radius 3 is 2.32 bits per heavy atom. The molecular formula is C19H22Cl2N2O4S. The predicted octanol–water partition coefficient (Wildman–Crippen LogP) is 3.86. The Labute approximate surface area is 175 Å². The zero-order valence-electron chi connectivity index (χ0n) is 15.8. The monoisotopic (exact) mass is 444 g/mol. The lowest BCUT2D eigenvalue weighted by Gasteiger charge is -2.30. The van der Waals surface area contributed by atoms with Crippen LogP contribution in [-0.2, 0) is 21.4 Å². The molecule has 0 aliphatic carbocycles. The van der Waals surface area contributed by atoms with E-state index in [-0.39, 0.29) is 28.7 Å². The second-order valence-electron chi connectivity index (χ2n) is 6.14. The number of anilines is 1. The topological polar surface area (TPSA) is 75.7 Å². The molecule has 0 saturated heterocycles.